The summed E-state index contributed by atoms with van der Waals surface area (Å²) in [6.07, 6.45) is 0. The number of rotatable bonds is 1. The average Bonchev–Trinajstić information content (AvgIpc) is 2.14. The highest BCUT2D eigenvalue weighted by Gasteiger charge is 2.13. The number of H-pyrrole nitrogens is 1. The molecule has 0 aliphatic heterocycles. The molecule has 2 aromatic rings. The van der Waals surface area contributed by atoms with E-state index in [1.165, 1.54) is 6.07 Å². The maximum atomic E-state index is 11.2. The molecule has 82 valence electrons. The fourth-order valence-electron chi connectivity index (χ4n) is 1.36. The molecular formula is C8H6ClN5OS. The standard InChI is InChI=1S/C8H6ClN5OS/c9-8-13-5(10)4-2(6(11)15)1-3(16)12-7(4)14-8/h1H,(H2,11,15)(H3,10,12,13,14,16). The van der Waals surface area contributed by atoms with Gasteiger partial charge in [0, 0.05) is 0 Å². The predicted octanol–water partition coefficient (Wildman–Crippen LogP) is 1.02. The number of amides is 1. The van der Waals surface area contributed by atoms with Crippen molar-refractivity contribution in [2.75, 3.05) is 5.73 Å². The summed E-state index contributed by atoms with van der Waals surface area (Å²) in [5.74, 6) is -0.572. The first kappa shape index (κ1) is 10.8. The van der Waals surface area contributed by atoms with E-state index in [-0.39, 0.29) is 16.7 Å². The number of aromatic nitrogens is 3. The molecular weight excluding hydrogens is 250 g/mol. The van der Waals surface area contributed by atoms with Gasteiger partial charge in [-0.3, -0.25) is 4.79 Å². The molecule has 0 atom stereocenters. The van der Waals surface area contributed by atoms with Crippen molar-refractivity contribution in [2.24, 2.45) is 5.73 Å². The van der Waals surface area contributed by atoms with Gasteiger partial charge in [-0.15, -0.1) is 0 Å². The summed E-state index contributed by atoms with van der Waals surface area (Å²) >= 11 is 10.6. The summed E-state index contributed by atoms with van der Waals surface area (Å²) in [5, 5.41) is 0.294. The van der Waals surface area contributed by atoms with Crippen molar-refractivity contribution in [3.63, 3.8) is 0 Å². The minimum atomic E-state index is -0.650. The fourth-order valence-corrected chi connectivity index (χ4v) is 1.75. The molecule has 0 spiro atoms. The minimum Gasteiger partial charge on any atom is -0.383 e. The molecule has 6 nitrogen and oxygen atoms in total. The number of halogens is 1. The molecule has 2 heterocycles. The van der Waals surface area contributed by atoms with E-state index in [2.05, 4.69) is 15.0 Å². The molecule has 0 saturated heterocycles. The van der Waals surface area contributed by atoms with E-state index in [1.807, 2.05) is 0 Å². The zero-order valence-electron chi connectivity index (χ0n) is 7.82. The summed E-state index contributed by atoms with van der Waals surface area (Å²) in [6.45, 7) is 0. The van der Waals surface area contributed by atoms with E-state index in [9.17, 15) is 4.79 Å². The molecule has 0 aromatic carbocycles. The SMILES string of the molecule is NC(=O)c1cc(=S)[nH]c2nc(Cl)nc(N)c12. The molecule has 1 amide bonds. The highest BCUT2D eigenvalue weighted by molar-refractivity contribution is 7.71. The topological polar surface area (TPSA) is 111 Å². The third kappa shape index (κ3) is 1.70. The van der Waals surface area contributed by atoms with Gasteiger partial charge < -0.3 is 16.5 Å². The smallest absolute Gasteiger partial charge is 0.249 e. The first-order valence-electron chi connectivity index (χ1n) is 4.15. The number of pyridine rings is 1. The van der Waals surface area contributed by atoms with E-state index in [0.29, 0.717) is 15.7 Å². The van der Waals surface area contributed by atoms with Crippen LogP contribution in [0.5, 0.6) is 0 Å². The van der Waals surface area contributed by atoms with Crippen LogP contribution in [0.1, 0.15) is 10.4 Å². The van der Waals surface area contributed by atoms with Crippen molar-refractivity contribution in [1.82, 2.24) is 15.0 Å². The summed E-state index contributed by atoms with van der Waals surface area (Å²) in [6, 6.07) is 1.41. The van der Waals surface area contributed by atoms with Crippen LogP contribution in [0, 0.1) is 4.64 Å². The van der Waals surface area contributed by atoms with Crippen molar-refractivity contribution in [2.45, 2.75) is 0 Å². The second-order valence-corrected chi connectivity index (χ2v) is 3.79. The van der Waals surface area contributed by atoms with Crippen molar-refractivity contribution in [3.8, 4) is 0 Å². The summed E-state index contributed by atoms with van der Waals surface area (Å²) in [7, 11) is 0. The number of nitrogens with one attached hydrogen (secondary N) is 1. The molecule has 0 unspecified atom stereocenters. The van der Waals surface area contributed by atoms with Crippen molar-refractivity contribution in [3.05, 3.63) is 21.6 Å². The Labute approximate surface area is 99.6 Å². The molecule has 0 aliphatic rings. The van der Waals surface area contributed by atoms with Gasteiger partial charge in [-0.2, -0.15) is 4.98 Å². The number of nitrogens with zero attached hydrogens (tertiary/aromatic N) is 2. The van der Waals surface area contributed by atoms with Crippen molar-refractivity contribution in [1.29, 1.82) is 0 Å². The largest absolute Gasteiger partial charge is 0.383 e. The van der Waals surface area contributed by atoms with Gasteiger partial charge in [-0.05, 0) is 17.7 Å². The normalized spacial score (nSPS) is 10.6. The number of anilines is 1. The van der Waals surface area contributed by atoms with Crippen LogP contribution in [-0.4, -0.2) is 20.9 Å². The number of hydrogen-bond acceptors (Lipinski definition) is 5. The predicted molar refractivity (Wildman–Crippen MR) is 62.7 cm³/mol. The monoisotopic (exact) mass is 255 g/mol. The first-order valence-corrected chi connectivity index (χ1v) is 4.93. The Morgan fingerprint density at radius 2 is 2.19 bits per heavy atom. The Balaban J connectivity index is 3.01. The molecule has 0 aliphatic carbocycles. The van der Waals surface area contributed by atoms with Crippen LogP contribution < -0.4 is 11.5 Å². The van der Waals surface area contributed by atoms with Crippen LogP contribution in [0.2, 0.25) is 5.28 Å². The van der Waals surface area contributed by atoms with Gasteiger partial charge in [0.05, 0.1) is 10.9 Å². The Morgan fingerprint density at radius 1 is 1.50 bits per heavy atom. The van der Waals surface area contributed by atoms with Crippen molar-refractivity contribution < 1.29 is 4.79 Å². The molecule has 8 heteroatoms. The van der Waals surface area contributed by atoms with E-state index in [0.717, 1.165) is 0 Å². The summed E-state index contributed by atoms with van der Waals surface area (Å²) < 4.78 is 0.315. The Morgan fingerprint density at radius 3 is 2.81 bits per heavy atom. The van der Waals surface area contributed by atoms with Crippen LogP contribution >= 0.6 is 23.8 Å². The highest BCUT2D eigenvalue weighted by atomic mass is 35.5. The second kappa shape index (κ2) is 3.69. The number of carbonyl (C=O) groups is 1. The molecule has 0 bridgehead atoms. The summed E-state index contributed by atoms with van der Waals surface area (Å²) in [4.78, 5) is 21.6. The van der Waals surface area contributed by atoms with Crippen LogP contribution in [0.4, 0.5) is 5.82 Å². The maximum Gasteiger partial charge on any atom is 0.249 e. The lowest BCUT2D eigenvalue weighted by molar-refractivity contribution is 0.100. The van der Waals surface area contributed by atoms with E-state index in [1.54, 1.807) is 0 Å². The van der Waals surface area contributed by atoms with Gasteiger partial charge in [0.2, 0.25) is 11.2 Å². The number of hydrogen-bond donors (Lipinski definition) is 3. The molecule has 2 rings (SSSR count). The minimum absolute atomic E-state index is 0.0303. The van der Waals surface area contributed by atoms with Gasteiger partial charge >= 0.3 is 0 Å². The van der Waals surface area contributed by atoms with Gasteiger partial charge in [0.25, 0.3) is 0 Å². The lowest BCUT2D eigenvalue weighted by Gasteiger charge is -2.05. The molecule has 0 fully saturated rings. The van der Waals surface area contributed by atoms with Gasteiger partial charge in [-0.25, -0.2) is 4.98 Å². The quantitative estimate of drug-likeness (QED) is 0.520. The van der Waals surface area contributed by atoms with Crippen molar-refractivity contribution >= 4 is 46.6 Å². The van der Waals surface area contributed by atoms with Crippen LogP contribution in [0.15, 0.2) is 6.07 Å². The first-order chi connectivity index (χ1) is 7.49. The molecule has 16 heavy (non-hydrogen) atoms. The molecule has 2 aromatic heterocycles. The van der Waals surface area contributed by atoms with Gasteiger partial charge in [-0.1, -0.05) is 12.2 Å². The van der Waals surface area contributed by atoms with E-state index in [4.69, 9.17) is 35.3 Å². The van der Waals surface area contributed by atoms with E-state index >= 15 is 0 Å². The molecule has 5 N–H and O–H groups in total. The third-order valence-corrected chi connectivity index (χ3v) is 2.35. The zero-order chi connectivity index (χ0) is 11.9. The summed E-state index contributed by atoms with van der Waals surface area (Å²) in [5.41, 5.74) is 11.3. The van der Waals surface area contributed by atoms with Crippen LogP contribution in [0.25, 0.3) is 11.0 Å². The number of nitrogen functional groups attached to an aromatic ring is 1. The van der Waals surface area contributed by atoms with Gasteiger partial charge in [0.15, 0.2) is 0 Å². The Kier molecular flexibility index (Phi) is 2.49. The second-order valence-electron chi connectivity index (χ2n) is 3.01. The lowest BCUT2D eigenvalue weighted by Crippen LogP contribution is -2.13. The maximum absolute atomic E-state index is 11.2. The Bertz CT molecular complexity index is 653. The average molecular weight is 256 g/mol. The van der Waals surface area contributed by atoms with E-state index < -0.39 is 5.91 Å². The number of primary amides is 1. The Hall–Kier alpha value is -1.73. The number of carbonyl (C=O) groups excluding carboxylic acids is 1. The molecule has 0 radical (unpaired) electrons. The van der Waals surface area contributed by atoms with Crippen LogP contribution in [-0.2, 0) is 0 Å². The fraction of sp³-hybridized carbons (Fsp3) is 0. The number of nitrogens with two attached hydrogens (primary N) is 2. The zero-order valence-corrected chi connectivity index (χ0v) is 9.39. The lowest BCUT2D eigenvalue weighted by atomic mass is 10.1. The number of fused-ring (bicyclic) bond motifs is 1. The number of aromatic amines is 1. The third-order valence-electron chi connectivity index (χ3n) is 1.96. The highest BCUT2D eigenvalue weighted by Crippen LogP contribution is 2.22. The molecule has 0 saturated carbocycles. The van der Waals surface area contributed by atoms with Gasteiger partial charge in [0.1, 0.15) is 16.1 Å². The van der Waals surface area contributed by atoms with Crippen LogP contribution in [0.3, 0.4) is 0 Å².